The van der Waals surface area contributed by atoms with E-state index in [1.807, 2.05) is 6.07 Å². The molecule has 76 valence electrons. The minimum absolute atomic E-state index is 0.320. The fourth-order valence-corrected chi connectivity index (χ4v) is 1.90. The first-order valence-corrected chi connectivity index (χ1v) is 5.08. The van der Waals surface area contributed by atoms with Crippen molar-refractivity contribution in [3.63, 3.8) is 0 Å². The summed E-state index contributed by atoms with van der Waals surface area (Å²) in [5.41, 5.74) is 0.987. The first-order valence-electron chi connectivity index (χ1n) is 5.08. The Morgan fingerprint density at radius 3 is 3.21 bits per heavy atom. The number of hydrogen-bond donors (Lipinski definition) is 1. The third-order valence-electron chi connectivity index (χ3n) is 2.66. The van der Waals surface area contributed by atoms with E-state index < -0.39 is 0 Å². The van der Waals surface area contributed by atoms with Gasteiger partial charge in [0.15, 0.2) is 0 Å². The zero-order valence-electron chi connectivity index (χ0n) is 8.16. The highest BCUT2D eigenvalue weighted by molar-refractivity contribution is 5.81. The molecule has 2 rings (SSSR count). The summed E-state index contributed by atoms with van der Waals surface area (Å²) >= 11 is 0. The number of nitrogens with one attached hydrogen (secondary N) is 1. The Morgan fingerprint density at radius 2 is 2.57 bits per heavy atom. The first-order chi connectivity index (χ1) is 6.84. The number of Topliss-reactive ketones (excluding diaryl/α,β-unsaturated/α-hetero) is 1. The van der Waals surface area contributed by atoms with E-state index in [-0.39, 0.29) is 0 Å². The molecule has 1 aliphatic heterocycles. The predicted octanol–water partition coefficient (Wildman–Crippen LogP) is 1.39. The molecule has 2 heterocycles. The smallest absolute Gasteiger partial charge is 0.137 e. The van der Waals surface area contributed by atoms with Gasteiger partial charge < -0.3 is 9.73 Å². The molecule has 1 N–H and O–H groups in total. The van der Waals surface area contributed by atoms with Crippen LogP contribution in [0.5, 0.6) is 0 Å². The summed E-state index contributed by atoms with van der Waals surface area (Å²) in [6.45, 7) is 2.06. The third-order valence-corrected chi connectivity index (χ3v) is 2.66. The van der Waals surface area contributed by atoms with Crippen LogP contribution in [0.1, 0.15) is 18.4 Å². The summed E-state index contributed by atoms with van der Waals surface area (Å²) in [7, 11) is 0. The normalized spacial score (nSPS) is 21.3. The van der Waals surface area contributed by atoms with E-state index in [9.17, 15) is 4.79 Å². The molecule has 14 heavy (non-hydrogen) atoms. The minimum atomic E-state index is 0.320. The highest BCUT2D eigenvalue weighted by atomic mass is 16.3. The molecule has 3 heteroatoms. The van der Waals surface area contributed by atoms with Crippen LogP contribution in [0.15, 0.2) is 23.0 Å². The van der Waals surface area contributed by atoms with Crippen molar-refractivity contribution in [1.29, 1.82) is 0 Å². The van der Waals surface area contributed by atoms with Crippen LogP contribution in [0, 0.1) is 5.92 Å². The van der Waals surface area contributed by atoms with E-state index in [0.29, 0.717) is 24.5 Å². The van der Waals surface area contributed by atoms with Crippen LogP contribution in [-0.4, -0.2) is 18.9 Å². The Hall–Kier alpha value is -1.09. The van der Waals surface area contributed by atoms with Crippen LogP contribution < -0.4 is 5.32 Å². The van der Waals surface area contributed by atoms with Gasteiger partial charge in [0.05, 0.1) is 12.5 Å². The van der Waals surface area contributed by atoms with Crippen molar-refractivity contribution < 1.29 is 9.21 Å². The number of furan rings is 1. The summed E-state index contributed by atoms with van der Waals surface area (Å²) in [5, 5.41) is 3.27. The van der Waals surface area contributed by atoms with Crippen LogP contribution in [0.4, 0.5) is 0 Å². The Labute approximate surface area is 83.5 Å². The van der Waals surface area contributed by atoms with E-state index in [2.05, 4.69) is 5.32 Å². The largest absolute Gasteiger partial charge is 0.472 e. The van der Waals surface area contributed by atoms with E-state index in [1.165, 1.54) is 0 Å². The molecule has 3 nitrogen and oxygen atoms in total. The molecule has 1 saturated heterocycles. The molecular weight excluding hydrogens is 178 g/mol. The second-order valence-corrected chi connectivity index (χ2v) is 3.91. The van der Waals surface area contributed by atoms with Crippen LogP contribution in [0.25, 0.3) is 0 Å². The predicted molar refractivity (Wildman–Crippen MR) is 53.0 cm³/mol. The van der Waals surface area contributed by atoms with Gasteiger partial charge >= 0.3 is 0 Å². The van der Waals surface area contributed by atoms with Gasteiger partial charge in [-0.2, -0.15) is 0 Å². The van der Waals surface area contributed by atoms with E-state index in [1.54, 1.807) is 12.5 Å². The molecule has 1 aromatic heterocycles. The van der Waals surface area contributed by atoms with Crippen molar-refractivity contribution in [2.24, 2.45) is 5.92 Å². The van der Waals surface area contributed by atoms with E-state index >= 15 is 0 Å². The Morgan fingerprint density at radius 1 is 1.64 bits per heavy atom. The lowest BCUT2D eigenvalue weighted by molar-refractivity contribution is -0.119. The number of carbonyl (C=O) groups excluding carboxylic acids is 1. The highest BCUT2D eigenvalue weighted by Crippen LogP contribution is 2.14. The Balaban J connectivity index is 1.78. The second kappa shape index (κ2) is 4.42. The lowest BCUT2D eigenvalue weighted by Crippen LogP contribution is -2.13. The molecule has 0 amide bonds. The fraction of sp³-hybridized carbons (Fsp3) is 0.545. The van der Waals surface area contributed by atoms with Crippen LogP contribution in [0.2, 0.25) is 0 Å². The molecule has 0 bridgehead atoms. The zero-order valence-corrected chi connectivity index (χ0v) is 8.16. The third kappa shape index (κ3) is 2.45. The van der Waals surface area contributed by atoms with Crippen molar-refractivity contribution in [3.05, 3.63) is 24.2 Å². The average molecular weight is 193 g/mol. The molecule has 0 radical (unpaired) electrons. The Bertz CT molecular complexity index is 286. The first kappa shape index (κ1) is 9.46. The number of rotatable bonds is 4. The summed E-state index contributed by atoms with van der Waals surface area (Å²) in [5.74, 6) is 0.870. The number of carbonyl (C=O) groups is 1. The van der Waals surface area contributed by atoms with Gasteiger partial charge in [0, 0.05) is 12.8 Å². The lowest BCUT2D eigenvalue weighted by atomic mass is 9.99. The van der Waals surface area contributed by atoms with Crippen LogP contribution in [0.3, 0.4) is 0 Å². The van der Waals surface area contributed by atoms with Crippen LogP contribution in [-0.2, 0) is 11.2 Å². The number of hydrogen-bond acceptors (Lipinski definition) is 3. The summed E-state index contributed by atoms with van der Waals surface area (Å²) < 4.78 is 4.92. The maximum absolute atomic E-state index is 11.6. The van der Waals surface area contributed by atoms with Gasteiger partial charge in [-0.1, -0.05) is 0 Å². The molecule has 1 aliphatic rings. The van der Waals surface area contributed by atoms with Gasteiger partial charge in [-0.05, 0) is 37.1 Å². The SMILES string of the molecule is O=C(Cc1ccoc1)CC1CCNC1. The van der Waals surface area contributed by atoms with Crippen molar-refractivity contribution in [2.45, 2.75) is 19.3 Å². The fourth-order valence-electron chi connectivity index (χ4n) is 1.90. The minimum Gasteiger partial charge on any atom is -0.472 e. The van der Waals surface area contributed by atoms with Crippen molar-refractivity contribution in [1.82, 2.24) is 5.32 Å². The highest BCUT2D eigenvalue weighted by Gasteiger charge is 2.18. The molecule has 0 aliphatic carbocycles. The summed E-state index contributed by atoms with van der Waals surface area (Å²) in [6, 6.07) is 1.85. The molecule has 1 atom stereocenters. The van der Waals surface area contributed by atoms with Crippen molar-refractivity contribution in [2.75, 3.05) is 13.1 Å². The van der Waals surface area contributed by atoms with E-state index in [4.69, 9.17) is 4.42 Å². The molecular formula is C11H15NO2. The summed E-state index contributed by atoms with van der Waals surface area (Å²) in [6.07, 6.45) is 5.62. The van der Waals surface area contributed by atoms with Crippen molar-refractivity contribution in [3.8, 4) is 0 Å². The standard InChI is InChI=1S/C11H15NO2/c13-11(5-9-1-3-12-7-9)6-10-2-4-14-8-10/h2,4,8-9,12H,1,3,5-7H2. The maximum Gasteiger partial charge on any atom is 0.137 e. The van der Waals surface area contributed by atoms with Gasteiger partial charge in [0.25, 0.3) is 0 Å². The maximum atomic E-state index is 11.6. The Kier molecular flexibility index (Phi) is 2.99. The van der Waals surface area contributed by atoms with Gasteiger partial charge in [0.2, 0.25) is 0 Å². The second-order valence-electron chi connectivity index (χ2n) is 3.91. The quantitative estimate of drug-likeness (QED) is 0.785. The van der Waals surface area contributed by atoms with Gasteiger partial charge in [-0.3, -0.25) is 4.79 Å². The van der Waals surface area contributed by atoms with Crippen molar-refractivity contribution >= 4 is 5.78 Å². The van der Waals surface area contributed by atoms with Gasteiger partial charge in [-0.25, -0.2) is 0 Å². The summed E-state index contributed by atoms with van der Waals surface area (Å²) in [4.78, 5) is 11.6. The molecule has 0 spiro atoms. The molecule has 0 saturated carbocycles. The zero-order chi connectivity index (χ0) is 9.80. The lowest BCUT2D eigenvalue weighted by Gasteiger charge is -2.05. The molecule has 0 aromatic carbocycles. The number of ketones is 1. The van der Waals surface area contributed by atoms with Crippen LogP contribution >= 0.6 is 0 Å². The molecule has 1 unspecified atom stereocenters. The van der Waals surface area contributed by atoms with E-state index in [0.717, 1.165) is 25.1 Å². The molecule has 1 aromatic rings. The topological polar surface area (TPSA) is 42.2 Å². The molecule has 1 fully saturated rings. The van der Waals surface area contributed by atoms with Gasteiger partial charge in [-0.15, -0.1) is 0 Å². The van der Waals surface area contributed by atoms with Gasteiger partial charge in [0.1, 0.15) is 5.78 Å². The monoisotopic (exact) mass is 193 g/mol. The average Bonchev–Trinajstić information content (AvgIpc) is 2.76.